The zero-order chi connectivity index (χ0) is 18.6. The Bertz CT molecular complexity index is 939. The Balaban J connectivity index is 1.78. The molecule has 0 saturated carbocycles. The van der Waals surface area contributed by atoms with Crippen molar-refractivity contribution in [3.05, 3.63) is 53.2 Å². The Morgan fingerprint density at radius 1 is 1.15 bits per heavy atom. The van der Waals surface area contributed by atoms with Crippen LogP contribution in [0.5, 0.6) is 0 Å². The molecular weight excluding hydrogens is 328 g/mol. The van der Waals surface area contributed by atoms with Crippen molar-refractivity contribution in [2.45, 2.75) is 40.2 Å². The van der Waals surface area contributed by atoms with Gasteiger partial charge in [-0.05, 0) is 50.5 Å². The van der Waals surface area contributed by atoms with Crippen molar-refractivity contribution in [2.75, 3.05) is 0 Å². The average Bonchev–Trinajstić information content (AvgIpc) is 3.21. The largest absolute Gasteiger partial charge is 0.329 e. The number of benzene rings is 1. The molecule has 134 valence electrons. The standard InChI is InChI=1S/C20H22N4O2/c1-5-16-18-17(12(3)19(25)24(18)20(26)22-16)14-6-8-15(9-7-14)23-10-11(2)21-13(23)4/h6-10,12,16H,5H2,1-4H3,(H,22,26). The van der Waals surface area contributed by atoms with E-state index in [1.165, 1.54) is 4.90 Å². The zero-order valence-electron chi connectivity index (χ0n) is 15.4. The lowest BCUT2D eigenvalue weighted by Crippen LogP contribution is -2.33. The number of rotatable bonds is 3. The van der Waals surface area contributed by atoms with E-state index in [4.69, 9.17) is 0 Å². The maximum absolute atomic E-state index is 12.6. The number of hydrogen-bond donors (Lipinski definition) is 1. The number of fused-ring (bicyclic) bond motifs is 1. The van der Waals surface area contributed by atoms with Gasteiger partial charge in [-0.1, -0.05) is 19.1 Å². The van der Waals surface area contributed by atoms with E-state index in [1.54, 1.807) is 0 Å². The SMILES string of the molecule is CCC1NC(=O)N2C(=O)C(C)C(c3ccc(-n4cc(C)nc4C)cc3)=C12. The van der Waals surface area contributed by atoms with Gasteiger partial charge in [-0.15, -0.1) is 0 Å². The molecule has 0 aliphatic carbocycles. The van der Waals surface area contributed by atoms with Gasteiger partial charge < -0.3 is 9.88 Å². The number of nitrogens with zero attached hydrogens (tertiary/aromatic N) is 3. The summed E-state index contributed by atoms with van der Waals surface area (Å²) in [6.45, 7) is 7.84. The molecule has 1 N–H and O–H groups in total. The first-order valence-corrected chi connectivity index (χ1v) is 8.94. The molecule has 3 heterocycles. The third-order valence-corrected chi connectivity index (χ3v) is 5.24. The van der Waals surface area contributed by atoms with Crippen LogP contribution in [-0.2, 0) is 4.79 Å². The predicted octanol–water partition coefficient (Wildman–Crippen LogP) is 3.18. The molecule has 0 spiro atoms. The lowest BCUT2D eigenvalue weighted by molar-refractivity contribution is -0.127. The summed E-state index contributed by atoms with van der Waals surface area (Å²) < 4.78 is 2.04. The minimum absolute atomic E-state index is 0.107. The highest BCUT2D eigenvalue weighted by molar-refractivity contribution is 6.10. The first kappa shape index (κ1) is 16.6. The minimum Gasteiger partial charge on any atom is -0.329 e. The zero-order valence-corrected chi connectivity index (χ0v) is 15.4. The molecule has 0 bridgehead atoms. The number of carbonyl (C=O) groups is 2. The molecule has 2 aliphatic heterocycles. The van der Waals surface area contributed by atoms with Gasteiger partial charge in [-0.25, -0.2) is 14.7 Å². The van der Waals surface area contributed by atoms with Gasteiger partial charge in [0.1, 0.15) is 5.82 Å². The van der Waals surface area contributed by atoms with Gasteiger partial charge in [0.15, 0.2) is 0 Å². The molecule has 2 aromatic rings. The van der Waals surface area contributed by atoms with Crippen LogP contribution in [0, 0.1) is 19.8 Å². The van der Waals surface area contributed by atoms with Crippen molar-refractivity contribution in [1.29, 1.82) is 0 Å². The summed E-state index contributed by atoms with van der Waals surface area (Å²) in [6.07, 6.45) is 2.76. The highest BCUT2D eigenvalue weighted by Gasteiger charge is 2.48. The van der Waals surface area contributed by atoms with Crippen molar-refractivity contribution < 1.29 is 9.59 Å². The molecule has 26 heavy (non-hydrogen) atoms. The lowest BCUT2D eigenvalue weighted by atomic mass is 9.92. The van der Waals surface area contributed by atoms with E-state index >= 15 is 0 Å². The maximum atomic E-state index is 12.6. The van der Waals surface area contributed by atoms with Gasteiger partial charge in [-0.3, -0.25) is 4.79 Å². The number of nitrogens with one attached hydrogen (secondary N) is 1. The number of hydrogen-bond acceptors (Lipinski definition) is 3. The number of imide groups is 1. The fraction of sp³-hybridized carbons (Fsp3) is 0.350. The second-order valence-corrected chi connectivity index (χ2v) is 6.95. The summed E-state index contributed by atoms with van der Waals surface area (Å²) in [6, 6.07) is 7.69. The Morgan fingerprint density at radius 3 is 2.42 bits per heavy atom. The first-order valence-electron chi connectivity index (χ1n) is 8.94. The molecule has 1 fully saturated rings. The molecule has 6 nitrogen and oxygen atoms in total. The second-order valence-electron chi connectivity index (χ2n) is 6.95. The summed E-state index contributed by atoms with van der Waals surface area (Å²) in [5.74, 6) is 0.478. The number of aryl methyl sites for hydroxylation is 2. The number of carbonyl (C=O) groups excluding carboxylic acids is 2. The van der Waals surface area contributed by atoms with Crippen LogP contribution in [0.15, 0.2) is 36.2 Å². The molecule has 1 saturated heterocycles. The Labute approximate surface area is 152 Å². The molecule has 1 aromatic carbocycles. The third-order valence-electron chi connectivity index (χ3n) is 5.24. The van der Waals surface area contributed by atoms with E-state index in [1.807, 2.05) is 62.7 Å². The molecule has 1 aromatic heterocycles. The van der Waals surface area contributed by atoms with Crippen molar-refractivity contribution in [3.8, 4) is 5.69 Å². The molecule has 2 atom stereocenters. The van der Waals surface area contributed by atoms with Crippen LogP contribution in [-0.4, -0.2) is 32.4 Å². The van der Waals surface area contributed by atoms with Gasteiger partial charge >= 0.3 is 6.03 Å². The van der Waals surface area contributed by atoms with Gasteiger partial charge in [-0.2, -0.15) is 0 Å². The molecule has 0 radical (unpaired) electrons. The Hall–Kier alpha value is -2.89. The van der Waals surface area contributed by atoms with E-state index in [9.17, 15) is 9.59 Å². The monoisotopic (exact) mass is 350 g/mol. The summed E-state index contributed by atoms with van der Waals surface area (Å²) in [5.41, 5.74) is 4.75. The topological polar surface area (TPSA) is 67.2 Å². The summed E-state index contributed by atoms with van der Waals surface area (Å²) in [5, 5.41) is 2.90. The number of imidazole rings is 1. The highest BCUT2D eigenvalue weighted by Crippen LogP contribution is 2.41. The van der Waals surface area contributed by atoms with E-state index in [0.717, 1.165) is 40.5 Å². The van der Waals surface area contributed by atoms with Crippen LogP contribution >= 0.6 is 0 Å². The van der Waals surface area contributed by atoms with E-state index in [-0.39, 0.29) is 23.9 Å². The van der Waals surface area contributed by atoms with Crippen LogP contribution < -0.4 is 5.32 Å². The molecule has 2 unspecified atom stereocenters. The van der Waals surface area contributed by atoms with Crippen molar-refractivity contribution >= 4 is 17.5 Å². The number of amides is 3. The van der Waals surface area contributed by atoms with Crippen molar-refractivity contribution in [2.24, 2.45) is 5.92 Å². The van der Waals surface area contributed by atoms with Crippen molar-refractivity contribution in [1.82, 2.24) is 19.8 Å². The van der Waals surface area contributed by atoms with E-state index < -0.39 is 0 Å². The van der Waals surface area contributed by atoms with Gasteiger partial charge in [0.05, 0.1) is 23.4 Å². The van der Waals surface area contributed by atoms with Gasteiger partial charge in [0.25, 0.3) is 0 Å². The number of aromatic nitrogens is 2. The number of urea groups is 1. The molecule has 6 heteroatoms. The van der Waals surface area contributed by atoms with Gasteiger partial charge in [0, 0.05) is 11.9 Å². The molecule has 2 aliphatic rings. The summed E-state index contributed by atoms with van der Waals surface area (Å²) >= 11 is 0. The second kappa shape index (κ2) is 5.83. The van der Waals surface area contributed by atoms with Crippen LogP contribution in [0.25, 0.3) is 11.3 Å². The normalized spacial score (nSPS) is 22.2. The molecule has 4 rings (SSSR count). The fourth-order valence-electron chi connectivity index (χ4n) is 3.99. The summed E-state index contributed by atoms with van der Waals surface area (Å²) in [7, 11) is 0. The Kier molecular flexibility index (Phi) is 3.72. The van der Waals surface area contributed by atoms with E-state index in [0.29, 0.717) is 0 Å². The average molecular weight is 350 g/mol. The maximum Gasteiger partial charge on any atom is 0.329 e. The third kappa shape index (κ3) is 2.29. The smallest absolute Gasteiger partial charge is 0.329 e. The van der Waals surface area contributed by atoms with Crippen molar-refractivity contribution in [3.63, 3.8) is 0 Å². The summed E-state index contributed by atoms with van der Waals surface area (Å²) in [4.78, 5) is 30.5. The van der Waals surface area contributed by atoms with E-state index in [2.05, 4.69) is 10.3 Å². The van der Waals surface area contributed by atoms with Crippen LogP contribution in [0.3, 0.4) is 0 Å². The minimum atomic E-state index is -0.312. The van der Waals surface area contributed by atoms with Gasteiger partial charge in [0.2, 0.25) is 5.91 Å². The Morgan fingerprint density at radius 2 is 1.85 bits per heavy atom. The fourth-order valence-corrected chi connectivity index (χ4v) is 3.99. The quantitative estimate of drug-likeness (QED) is 0.924. The highest BCUT2D eigenvalue weighted by atomic mass is 16.2. The van der Waals surface area contributed by atoms with Crippen LogP contribution in [0.2, 0.25) is 0 Å². The molecule has 3 amide bonds. The van der Waals surface area contributed by atoms with Crippen LogP contribution in [0.1, 0.15) is 37.4 Å². The van der Waals surface area contributed by atoms with Crippen LogP contribution in [0.4, 0.5) is 4.79 Å². The lowest BCUT2D eigenvalue weighted by Gasteiger charge is -2.14. The first-order chi connectivity index (χ1) is 12.4. The predicted molar refractivity (Wildman–Crippen MR) is 98.6 cm³/mol. The molecular formula is C20H22N4O2.